The number of benzene rings is 2. The highest BCUT2D eigenvalue weighted by atomic mass is 16.5. The number of hydrogen-bond donors (Lipinski definition) is 4. The third-order valence-corrected chi connectivity index (χ3v) is 6.06. The molecular formula is C30H42N4O6. The summed E-state index contributed by atoms with van der Waals surface area (Å²) in [5.41, 5.74) is 2.16. The Balaban J connectivity index is 1.56. The highest BCUT2D eigenvalue weighted by molar-refractivity contribution is 5.98. The molecule has 4 amide bonds. The molecule has 2 rings (SSSR count). The molecule has 218 valence electrons. The molecule has 0 saturated heterocycles. The summed E-state index contributed by atoms with van der Waals surface area (Å²) in [6.45, 7) is 1.72. The van der Waals surface area contributed by atoms with Crippen LogP contribution in [0.4, 0.5) is 11.4 Å². The van der Waals surface area contributed by atoms with E-state index < -0.39 is 0 Å². The molecular weight excluding hydrogens is 512 g/mol. The lowest BCUT2D eigenvalue weighted by Crippen LogP contribution is -2.27. The minimum absolute atomic E-state index is 0.0786. The van der Waals surface area contributed by atoms with Crippen LogP contribution in [0.3, 0.4) is 0 Å². The summed E-state index contributed by atoms with van der Waals surface area (Å²) in [5, 5.41) is 11.2. The van der Waals surface area contributed by atoms with Gasteiger partial charge in [0.2, 0.25) is 11.8 Å². The van der Waals surface area contributed by atoms with Gasteiger partial charge in [0.1, 0.15) is 0 Å². The summed E-state index contributed by atoms with van der Waals surface area (Å²) in [5.74, 6) is -0.577. The van der Waals surface area contributed by atoms with Crippen molar-refractivity contribution in [1.29, 1.82) is 0 Å². The Kier molecular flexibility index (Phi) is 15.7. The molecule has 0 heterocycles. The number of carbonyl (C=O) groups is 4. The first-order chi connectivity index (χ1) is 19.4. The lowest BCUT2D eigenvalue weighted by molar-refractivity contribution is -0.117. The van der Waals surface area contributed by atoms with Gasteiger partial charge in [0.25, 0.3) is 11.8 Å². The first kappa shape index (κ1) is 32.5. The molecule has 40 heavy (non-hydrogen) atoms. The Labute approximate surface area is 236 Å². The van der Waals surface area contributed by atoms with E-state index in [1.165, 1.54) is 0 Å². The van der Waals surface area contributed by atoms with Crippen LogP contribution in [-0.4, -0.2) is 64.2 Å². The molecule has 0 radical (unpaired) electrons. The van der Waals surface area contributed by atoms with Gasteiger partial charge in [0.15, 0.2) is 0 Å². The first-order valence-electron chi connectivity index (χ1n) is 13.8. The molecule has 0 atom stereocenters. The topological polar surface area (TPSA) is 135 Å². The molecule has 0 aliphatic heterocycles. The second-order valence-electron chi connectivity index (χ2n) is 9.38. The number of ether oxygens (including phenoxy) is 2. The molecule has 0 aromatic heterocycles. The minimum atomic E-state index is -0.210. The van der Waals surface area contributed by atoms with E-state index in [4.69, 9.17) is 9.47 Å². The maximum absolute atomic E-state index is 12.3. The van der Waals surface area contributed by atoms with Crippen molar-refractivity contribution < 1.29 is 28.7 Å². The van der Waals surface area contributed by atoms with Crippen molar-refractivity contribution in [3.63, 3.8) is 0 Å². The smallest absolute Gasteiger partial charge is 0.251 e. The van der Waals surface area contributed by atoms with Gasteiger partial charge in [-0.1, -0.05) is 37.8 Å². The molecule has 10 heteroatoms. The van der Waals surface area contributed by atoms with Gasteiger partial charge in [-0.2, -0.15) is 0 Å². The normalized spacial score (nSPS) is 10.6. The summed E-state index contributed by atoms with van der Waals surface area (Å²) in [7, 11) is 3.14. The van der Waals surface area contributed by atoms with Gasteiger partial charge in [-0.25, -0.2) is 0 Å². The van der Waals surface area contributed by atoms with Crippen molar-refractivity contribution in [2.75, 3.05) is 51.2 Å². The van der Waals surface area contributed by atoms with E-state index in [1.54, 1.807) is 62.8 Å². The van der Waals surface area contributed by atoms with Crippen LogP contribution in [-0.2, 0) is 19.1 Å². The second kappa shape index (κ2) is 19.3. The van der Waals surface area contributed by atoms with E-state index in [9.17, 15) is 19.2 Å². The lowest BCUT2D eigenvalue weighted by Gasteiger charge is -2.09. The first-order valence-corrected chi connectivity index (χ1v) is 13.8. The maximum atomic E-state index is 12.3. The monoisotopic (exact) mass is 554 g/mol. The fourth-order valence-corrected chi connectivity index (χ4v) is 3.94. The Morgan fingerprint density at radius 1 is 0.600 bits per heavy atom. The van der Waals surface area contributed by atoms with Crippen LogP contribution in [0.2, 0.25) is 0 Å². The highest BCUT2D eigenvalue weighted by Crippen LogP contribution is 2.15. The number of amides is 4. The number of anilines is 2. The molecule has 0 bridgehead atoms. The van der Waals surface area contributed by atoms with E-state index >= 15 is 0 Å². The Hall–Kier alpha value is -3.76. The van der Waals surface area contributed by atoms with Crippen molar-refractivity contribution in [3.8, 4) is 0 Å². The third-order valence-electron chi connectivity index (χ3n) is 6.06. The summed E-state index contributed by atoms with van der Waals surface area (Å²) >= 11 is 0. The second-order valence-corrected chi connectivity index (χ2v) is 9.38. The van der Waals surface area contributed by atoms with Gasteiger partial charge in [0.05, 0.1) is 13.2 Å². The third kappa shape index (κ3) is 13.3. The van der Waals surface area contributed by atoms with E-state index in [0.29, 0.717) is 61.6 Å². The Bertz CT molecular complexity index is 1010. The van der Waals surface area contributed by atoms with Gasteiger partial charge in [0, 0.05) is 62.7 Å². The van der Waals surface area contributed by atoms with E-state index in [2.05, 4.69) is 21.3 Å². The summed E-state index contributed by atoms with van der Waals surface area (Å²) in [6, 6.07) is 13.7. The number of nitrogens with one attached hydrogen (secondary N) is 4. The predicted octanol–water partition coefficient (Wildman–Crippen LogP) is 4.14. The minimum Gasteiger partial charge on any atom is -0.383 e. The summed E-state index contributed by atoms with van der Waals surface area (Å²) in [6.07, 6.45) is 6.23. The van der Waals surface area contributed by atoms with Crippen LogP contribution in [0.5, 0.6) is 0 Å². The average molecular weight is 555 g/mol. The quantitative estimate of drug-likeness (QED) is 0.193. The Morgan fingerprint density at radius 3 is 1.40 bits per heavy atom. The van der Waals surface area contributed by atoms with Crippen LogP contribution < -0.4 is 21.3 Å². The van der Waals surface area contributed by atoms with Crippen LogP contribution in [0.1, 0.15) is 72.1 Å². The molecule has 2 aromatic carbocycles. The zero-order valence-corrected chi connectivity index (χ0v) is 23.6. The fraction of sp³-hybridized carbons (Fsp3) is 0.467. The van der Waals surface area contributed by atoms with Gasteiger partial charge < -0.3 is 30.7 Å². The van der Waals surface area contributed by atoms with Gasteiger partial charge >= 0.3 is 0 Å². The number of carbonyl (C=O) groups excluding carboxylic acids is 4. The number of unbranched alkanes of at least 4 members (excludes halogenated alkanes) is 5. The van der Waals surface area contributed by atoms with Crippen molar-refractivity contribution in [3.05, 3.63) is 59.7 Å². The molecule has 0 spiro atoms. The highest BCUT2D eigenvalue weighted by Gasteiger charge is 2.09. The van der Waals surface area contributed by atoms with Crippen molar-refractivity contribution in [1.82, 2.24) is 10.6 Å². The SMILES string of the molecule is COCCNC(=O)c1cccc(NC(=O)CCCCCCCCC(=O)Nc2cccc(C(=O)NCCOC)c2)c1. The summed E-state index contributed by atoms with van der Waals surface area (Å²) in [4.78, 5) is 48.9. The molecule has 0 unspecified atom stereocenters. The van der Waals surface area contributed by atoms with Crippen LogP contribution in [0.15, 0.2) is 48.5 Å². The maximum Gasteiger partial charge on any atom is 0.251 e. The van der Waals surface area contributed by atoms with Crippen molar-refractivity contribution in [2.24, 2.45) is 0 Å². The van der Waals surface area contributed by atoms with Crippen LogP contribution >= 0.6 is 0 Å². The van der Waals surface area contributed by atoms with E-state index in [-0.39, 0.29) is 23.6 Å². The summed E-state index contributed by atoms with van der Waals surface area (Å²) < 4.78 is 9.85. The van der Waals surface area contributed by atoms with E-state index in [0.717, 1.165) is 38.5 Å². The van der Waals surface area contributed by atoms with Gasteiger partial charge in [-0.3, -0.25) is 19.2 Å². The van der Waals surface area contributed by atoms with Gasteiger partial charge in [-0.05, 0) is 49.2 Å². The van der Waals surface area contributed by atoms with Gasteiger partial charge in [-0.15, -0.1) is 0 Å². The molecule has 10 nitrogen and oxygen atoms in total. The van der Waals surface area contributed by atoms with Crippen LogP contribution in [0.25, 0.3) is 0 Å². The standard InChI is InChI=1S/C30H42N4O6/c1-39-19-17-31-29(37)23-11-9-13-25(21-23)33-27(35)15-7-5-3-4-6-8-16-28(36)34-26-14-10-12-24(22-26)30(38)32-18-20-40-2/h9-14,21-22H,3-8,15-20H2,1-2H3,(H,31,37)(H,32,38)(H,33,35)(H,34,36). The largest absolute Gasteiger partial charge is 0.383 e. The van der Waals surface area contributed by atoms with Crippen molar-refractivity contribution >= 4 is 35.0 Å². The molecule has 0 aliphatic rings. The number of methoxy groups -OCH3 is 2. The average Bonchev–Trinajstić information content (AvgIpc) is 2.95. The molecule has 0 fully saturated rings. The number of rotatable bonds is 19. The fourth-order valence-electron chi connectivity index (χ4n) is 3.94. The zero-order valence-electron chi connectivity index (χ0n) is 23.6. The Morgan fingerprint density at radius 2 is 1.00 bits per heavy atom. The predicted molar refractivity (Wildman–Crippen MR) is 155 cm³/mol. The molecule has 0 saturated carbocycles. The number of hydrogen-bond acceptors (Lipinski definition) is 6. The molecule has 4 N–H and O–H groups in total. The van der Waals surface area contributed by atoms with E-state index in [1.807, 2.05) is 0 Å². The molecule has 2 aromatic rings. The molecule has 0 aliphatic carbocycles. The zero-order chi connectivity index (χ0) is 29.0. The van der Waals surface area contributed by atoms with Crippen LogP contribution in [0, 0.1) is 0 Å². The lowest BCUT2D eigenvalue weighted by atomic mass is 10.1. The van der Waals surface area contributed by atoms with Crippen molar-refractivity contribution in [2.45, 2.75) is 51.4 Å².